The predicted octanol–water partition coefficient (Wildman–Crippen LogP) is 3.79. The molecular weight excluding hydrogens is 256 g/mol. The summed E-state index contributed by atoms with van der Waals surface area (Å²) >= 11 is 1.84. The van der Waals surface area contributed by atoms with Crippen LogP contribution in [0.2, 0.25) is 0 Å². The number of ether oxygens (including phenoxy) is 2. The van der Waals surface area contributed by atoms with Gasteiger partial charge in [-0.3, -0.25) is 0 Å². The molecule has 0 fully saturated rings. The van der Waals surface area contributed by atoms with Crippen LogP contribution in [0, 0.1) is 0 Å². The Labute approximate surface area is 117 Å². The van der Waals surface area contributed by atoms with Crippen LogP contribution >= 0.6 is 11.8 Å². The molecule has 3 heteroatoms. The van der Waals surface area contributed by atoms with E-state index in [-0.39, 0.29) is 6.10 Å². The summed E-state index contributed by atoms with van der Waals surface area (Å²) in [6.07, 6.45) is 1.22. The largest absolute Gasteiger partial charge is 0.497 e. The molecule has 0 radical (unpaired) electrons. The van der Waals surface area contributed by atoms with E-state index in [4.69, 9.17) is 9.47 Å². The molecule has 0 saturated carbocycles. The SMILES string of the molecule is COc1ccc2c(c1)CC(CSc1ccccc1)O2. The third kappa shape index (κ3) is 2.87. The van der Waals surface area contributed by atoms with E-state index in [1.54, 1.807) is 7.11 Å². The van der Waals surface area contributed by atoms with Crippen molar-refractivity contribution < 1.29 is 9.47 Å². The van der Waals surface area contributed by atoms with E-state index < -0.39 is 0 Å². The zero-order valence-corrected chi connectivity index (χ0v) is 11.7. The van der Waals surface area contributed by atoms with Crippen molar-refractivity contribution in [2.45, 2.75) is 17.4 Å². The summed E-state index contributed by atoms with van der Waals surface area (Å²) in [5.41, 5.74) is 1.25. The zero-order chi connectivity index (χ0) is 13.1. The standard InChI is InChI=1S/C16H16O2S/c1-17-13-7-8-16-12(9-13)10-14(18-16)11-19-15-5-3-2-4-6-15/h2-9,14H,10-11H2,1H3. The summed E-state index contributed by atoms with van der Waals surface area (Å²) in [6, 6.07) is 16.5. The molecule has 0 aromatic heterocycles. The Morgan fingerprint density at radius 1 is 1.21 bits per heavy atom. The predicted molar refractivity (Wildman–Crippen MR) is 78.3 cm³/mol. The molecule has 2 aromatic carbocycles. The molecule has 1 heterocycles. The number of hydrogen-bond acceptors (Lipinski definition) is 3. The van der Waals surface area contributed by atoms with E-state index >= 15 is 0 Å². The Bertz CT molecular complexity index is 554. The maximum atomic E-state index is 5.95. The molecule has 2 aromatic rings. The third-order valence-electron chi connectivity index (χ3n) is 3.19. The Morgan fingerprint density at radius 3 is 2.84 bits per heavy atom. The van der Waals surface area contributed by atoms with Gasteiger partial charge in [-0.25, -0.2) is 0 Å². The van der Waals surface area contributed by atoms with Gasteiger partial charge in [-0.05, 0) is 30.3 Å². The van der Waals surface area contributed by atoms with Gasteiger partial charge >= 0.3 is 0 Å². The maximum Gasteiger partial charge on any atom is 0.123 e. The molecule has 1 aliphatic heterocycles. The van der Waals surface area contributed by atoms with Crippen molar-refractivity contribution in [3.63, 3.8) is 0 Å². The van der Waals surface area contributed by atoms with Crippen molar-refractivity contribution in [1.29, 1.82) is 0 Å². The second-order valence-electron chi connectivity index (χ2n) is 4.54. The molecule has 1 atom stereocenters. The molecule has 0 amide bonds. The molecule has 0 aliphatic carbocycles. The van der Waals surface area contributed by atoms with Gasteiger partial charge < -0.3 is 9.47 Å². The average Bonchev–Trinajstić information content (AvgIpc) is 2.88. The van der Waals surface area contributed by atoms with Crippen molar-refractivity contribution in [3.05, 3.63) is 54.1 Å². The minimum atomic E-state index is 0.257. The van der Waals surface area contributed by atoms with Crippen molar-refractivity contribution in [3.8, 4) is 11.5 Å². The lowest BCUT2D eigenvalue weighted by atomic mass is 10.1. The minimum absolute atomic E-state index is 0.257. The molecule has 19 heavy (non-hydrogen) atoms. The number of hydrogen-bond donors (Lipinski definition) is 0. The fourth-order valence-electron chi connectivity index (χ4n) is 2.22. The monoisotopic (exact) mass is 272 g/mol. The van der Waals surface area contributed by atoms with Gasteiger partial charge in [0.25, 0.3) is 0 Å². The van der Waals surface area contributed by atoms with Crippen LogP contribution in [0.15, 0.2) is 53.4 Å². The van der Waals surface area contributed by atoms with Crippen molar-refractivity contribution in [2.24, 2.45) is 0 Å². The van der Waals surface area contributed by atoms with Gasteiger partial charge in [0.05, 0.1) is 7.11 Å². The van der Waals surface area contributed by atoms with Gasteiger partial charge in [0.2, 0.25) is 0 Å². The Hall–Kier alpha value is -1.61. The molecule has 0 spiro atoms. The number of fused-ring (bicyclic) bond motifs is 1. The second-order valence-corrected chi connectivity index (χ2v) is 5.64. The van der Waals surface area contributed by atoms with E-state index in [9.17, 15) is 0 Å². The second kappa shape index (κ2) is 5.57. The summed E-state index contributed by atoms with van der Waals surface area (Å²) in [4.78, 5) is 1.29. The molecule has 0 saturated heterocycles. The molecule has 2 nitrogen and oxygen atoms in total. The summed E-state index contributed by atoms with van der Waals surface area (Å²) in [7, 11) is 1.69. The molecule has 1 aliphatic rings. The first kappa shape index (κ1) is 12.4. The number of thioether (sulfide) groups is 1. The average molecular weight is 272 g/mol. The highest BCUT2D eigenvalue weighted by molar-refractivity contribution is 7.99. The van der Waals surface area contributed by atoms with Gasteiger partial charge in [0, 0.05) is 22.6 Å². The Morgan fingerprint density at radius 2 is 2.05 bits per heavy atom. The Balaban J connectivity index is 1.61. The highest BCUT2D eigenvalue weighted by Gasteiger charge is 2.23. The van der Waals surface area contributed by atoms with E-state index in [1.165, 1.54) is 10.5 Å². The first-order chi connectivity index (χ1) is 9.35. The zero-order valence-electron chi connectivity index (χ0n) is 10.8. The third-order valence-corrected chi connectivity index (χ3v) is 4.33. The topological polar surface area (TPSA) is 18.5 Å². The van der Waals surface area contributed by atoms with Gasteiger partial charge in [-0.15, -0.1) is 11.8 Å². The van der Waals surface area contributed by atoms with Gasteiger partial charge in [-0.2, -0.15) is 0 Å². The van der Waals surface area contributed by atoms with E-state index in [1.807, 2.05) is 30.0 Å². The molecule has 0 bridgehead atoms. The molecule has 0 N–H and O–H groups in total. The number of rotatable bonds is 4. The van der Waals surface area contributed by atoms with E-state index in [0.717, 1.165) is 23.7 Å². The van der Waals surface area contributed by atoms with Crippen LogP contribution in [0.4, 0.5) is 0 Å². The van der Waals surface area contributed by atoms with E-state index in [0.29, 0.717) is 0 Å². The Kier molecular flexibility index (Phi) is 3.65. The number of benzene rings is 2. The summed E-state index contributed by atoms with van der Waals surface area (Å²) in [6.45, 7) is 0. The highest BCUT2D eigenvalue weighted by Crippen LogP contribution is 2.33. The quantitative estimate of drug-likeness (QED) is 0.789. The number of methoxy groups -OCH3 is 1. The molecule has 3 rings (SSSR count). The van der Waals surface area contributed by atoms with Crippen LogP contribution in [-0.4, -0.2) is 19.0 Å². The molecule has 98 valence electrons. The fourth-order valence-corrected chi connectivity index (χ4v) is 3.14. The van der Waals surface area contributed by atoms with Gasteiger partial charge in [0.1, 0.15) is 17.6 Å². The lowest BCUT2D eigenvalue weighted by Gasteiger charge is -2.09. The highest BCUT2D eigenvalue weighted by atomic mass is 32.2. The molecular formula is C16H16O2S. The molecule has 1 unspecified atom stereocenters. The lowest BCUT2D eigenvalue weighted by Crippen LogP contribution is -2.15. The maximum absolute atomic E-state index is 5.95. The minimum Gasteiger partial charge on any atom is -0.497 e. The fraction of sp³-hybridized carbons (Fsp3) is 0.250. The van der Waals surface area contributed by atoms with Gasteiger partial charge in [0.15, 0.2) is 0 Å². The lowest BCUT2D eigenvalue weighted by molar-refractivity contribution is 0.259. The van der Waals surface area contributed by atoms with Gasteiger partial charge in [-0.1, -0.05) is 18.2 Å². The van der Waals surface area contributed by atoms with Crippen LogP contribution in [0.1, 0.15) is 5.56 Å². The van der Waals surface area contributed by atoms with Crippen molar-refractivity contribution in [2.75, 3.05) is 12.9 Å². The van der Waals surface area contributed by atoms with Crippen LogP contribution in [0.3, 0.4) is 0 Å². The van der Waals surface area contributed by atoms with E-state index in [2.05, 4.69) is 30.3 Å². The van der Waals surface area contributed by atoms with Crippen LogP contribution in [-0.2, 0) is 6.42 Å². The van der Waals surface area contributed by atoms with Crippen molar-refractivity contribution >= 4 is 11.8 Å². The summed E-state index contributed by atoms with van der Waals surface area (Å²) in [5, 5.41) is 0. The normalized spacial score (nSPS) is 16.8. The van der Waals surface area contributed by atoms with Crippen LogP contribution < -0.4 is 9.47 Å². The van der Waals surface area contributed by atoms with Crippen molar-refractivity contribution in [1.82, 2.24) is 0 Å². The summed E-state index contributed by atoms with van der Waals surface area (Å²) in [5.74, 6) is 2.87. The first-order valence-electron chi connectivity index (χ1n) is 6.36. The van der Waals surface area contributed by atoms with Crippen LogP contribution in [0.25, 0.3) is 0 Å². The summed E-state index contributed by atoms with van der Waals surface area (Å²) < 4.78 is 11.2. The smallest absolute Gasteiger partial charge is 0.123 e. The van der Waals surface area contributed by atoms with Crippen LogP contribution in [0.5, 0.6) is 11.5 Å². The first-order valence-corrected chi connectivity index (χ1v) is 7.35.